The third kappa shape index (κ3) is 2.93. The topological polar surface area (TPSA) is 124 Å². The van der Waals surface area contributed by atoms with E-state index in [2.05, 4.69) is 10.5 Å². The largest absolute Gasteiger partial charge is 0.497 e. The Bertz CT molecular complexity index is 566. The van der Waals surface area contributed by atoms with Crippen LogP contribution in [0.4, 0.5) is 11.4 Å². The molecule has 0 aliphatic carbocycles. The Labute approximate surface area is 102 Å². The SMILES string of the molecule is COc1ccc([N+](=O)[O-])c(NN=C(C#N)C#N)c1. The molecule has 1 N–H and O–H groups in total. The fourth-order valence-electron chi connectivity index (χ4n) is 1.08. The molecule has 90 valence electrons. The van der Waals surface area contributed by atoms with Gasteiger partial charge in [-0.2, -0.15) is 15.6 Å². The lowest BCUT2D eigenvalue weighted by molar-refractivity contribution is -0.384. The van der Waals surface area contributed by atoms with Crippen molar-refractivity contribution in [2.75, 3.05) is 12.5 Å². The first-order valence-electron chi connectivity index (χ1n) is 4.58. The van der Waals surface area contributed by atoms with Crippen LogP contribution in [0.5, 0.6) is 5.75 Å². The van der Waals surface area contributed by atoms with E-state index in [0.29, 0.717) is 5.75 Å². The molecule has 1 aromatic carbocycles. The van der Waals surface area contributed by atoms with Crippen molar-refractivity contribution in [3.63, 3.8) is 0 Å². The summed E-state index contributed by atoms with van der Waals surface area (Å²) >= 11 is 0. The zero-order valence-corrected chi connectivity index (χ0v) is 9.25. The Morgan fingerprint density at radius 1 is 1.50 bits per heavy atom. The summed E-state index contributed by atoms with van der Waals surface area (Å²) in [5, 5.41) is 31.1. The zero-order chi connectivity index (χ0) is 13.5. The van der Waals surface area contributed by atoms with Crippen LogP contribution in [0.1, 0.15) is 0 Å². The van der Waals surface area contributed by atoms with Crippen molar-refractivity contribution < 1.29 is 9.66 Å². The predicted octanol–water partition coefficient (Wildman–Crippen LogP) is 1.42. The molecule has 18 heavy (non-hydrogen) atoms. The van der Waals surface area contributed by atoms with Gasteiger partial charge in [-0.05, 0) is 6.07 Å². The van der Waals surface area contributed by atoms with Crippen molar-refractivity contribution in [1.29, 1.82) is 10.5 Å². The van der Waals surface area contributed by atoms with E-state index < -0.39 is 10.6 Å². The van der Waals surface area contributed by atoms with Crippen molar-refractivity contribution >= 4 is 17.1 Å². The Balaban J connectivity index is 3.14. The van der Waals surface area contributed by atoms with E-state index in [1.54, 1.807) is 0 Å². The standard InChI is InChI=1S/C10H7N5O3/c1-18-8-2-3-10(15(16)17)9(4-8)14-13-7(5-11)6-12/h2-4,14H,1H3. The molecule has 1 aromatic rings. The van der Waals surface area contributed by atoms with Crippen LogP contribution in [0, 0.1) is 32.8 Å². The molecule has 0 fully saturated rings. The first-order valence-corrected chi connectivity index (χ1v) is 4.58. The van der Waals surface area contributed by atoms with Crippen LogP contribution in [-0.2, 0) is 0 Å². The molecule has 0 bridgehead atoms. The molecule has 1 rings (SSSR count). The van der Waals surface area contributed by atoms with Gasteiger partial charge in [0.1, 0.15) is 23.6 Å². The Kier molecular flexibility index (Phi) is 4.18. The van der Waals surface area contributed by atoms with Crippen LogP contribution in [0.3, 0.4) is 0 Å². The number of ether oxygens (including phenoxy) is 1. The minimum absolute atomic E-state index is 0.0300. The summed E-state index contributed by atoms with van der Waals surface area (Å²) in [5.41, 5.74) is 1.64. The molecule has 0 aliphatic heterocycles. The van der Waals surface area contributed by atoms with Gasteiger partial charge in [0.05, 0.1) is 12.0 Å². The van der Waals surface area contributed by atoms with Crippen LogP contribution in [0.15, 0.2) is 23.3 Å². The second-order valence-corrected chi connectivity index (χ2v) is 2.94. The molecule has 0 spiro atoms. The first-order chi connectivity index (χ1) is 8.62. The molecule has 0 amide bonds. The van der Waals surface area contributed by atoms with E-state index in [1.165, 1.54) is 37.4 Å². The molecular formula is C10H7N5O3. The van der Waals surface area contributed by atoms with E-state index in [4.69, 9.17) is 15.3 Å². The summed E-state index contributed by atoms with van der Waals surface area (Å²) in [7, 11) is 1.41. The molecule has 8 nitrogen and oxygen atoms in total. The van der Waals surface area contributed by atoms with Crippen molar-refractivity contribution in [2.24, 2.45) is 5.10 Å². The fourth-order valence-corrected chi connectivity index (χ4v) is 1.08. The molecule has 8 heteroatoms. The van der Waals surface area contributed by atoms with Gasteiger partial charge >= 0.3 is 0 Å². The van der Waals surface area contributed by atoms with E-state index >= 15 is 0 Å². The summed E-state index contributed by atoms with van der Waals surface area (Å²) in [4.78, 5) is 10.1. The van der Waals surface area contributed by atoms with E-state index in [-0.39, 0.29) is 11.4 Å². The van der Waals surface area contributed by atoms with Gasteiger partial charge in [-0.15, -0.1) is 0 Å². The fraction of sp³-hybridized carbons (Fsp3) is 0.100. The molecule has 0 aromatic heterocycles. The number of hydrogen-bond donors (Lipinski definition) is 1. The zero-order valence-electron chi connectivity index (χ0n) is 9.25. The molecule has 0 radical (unpaired) electrons. The maximum Gasteiger partial charge on any atom is 0.294 e. The highest BCUT2D eigenvalue weighted by atomic mass is 16.6. The van der Waals surface area contributed by atoms with Crippen LogP contribution >= 0.6 is 0 Å². The van der Waals surface area contributed by atoms with Crippen LogP contribution in [0.2, 0.25) is 0 Å². The Hall–Kier alpha value is -3.13. The third-order valence-electron chi connectivity index (χ3n) is 1.90. The summed E-state index contributed by atoms with van der Waals surface area (Å²) in [5.74, 6) is 0.383. The highest BCUT2D eigenvalue weighted by Gasteiger charge is 2.14. The summed E-state index contributed by atoms with van der Waals surface area (Å²) in [6.07, 6.45) is 0. The van der Waals surface area contributed by atoms with E-state index in [9.17, 15) is 10.1 Å². The monoisotopic (exact) mass is 245 g/mol. The lowest BCUT2D eigenvalue weighted by Crippen LogP contribution is -2.00. The van der Waals surface area contributed by atoms with Crippen LogP contribution in [0.25, 0.3) is 0 Å². The number of anilines is 1. The number of methoxy groups -OCH3 is 1. The van der Waals surface area contributed by atoms with Gasteiger partial charge in [0.25, 0.3) is 5.69 Å². The number of hydrogen-bond acceptors (Lipinski definition) is 7. The number of nitriles is 2. The second kappa shape index (κ2) is 5.82. The van der Waals surface area contributed by atoms with Crippen molar-refractivity contribution in [2.45, 2.75) is 0 Å². The lowest BCUT2D eigenvalue weighted by Gasteiger charge is -2.04. The molecule has 0 unspecified atom stereocenters. The first kappa shape index (κ1) is 12.9. The summed E-state index contributed by atoms with van der Waals surface area (Å²) in [6, 6.07) is 7.04. The number of rotatable bonds is 4. The van der Waals surface area contributed by atoms with Gasteiger partial charge in [-0.25, -0.2) is 0 Å². The van der Waals surface area contributed by atoms with Crippen molar-refractivity contribution in [3.05, 3.63) is 28.3 Å². The van der Waals surface area contributed by atoms with Gasteiger partial charge in [-0.1, -0.05) is 0 Å². The molecule has 0 aliphatic rings. The number of nitro benzene ring substituents is 1. The average Bonchev–Trinajstić information content (AvgIpc) is 2.39. The van der Waals surface area contributed by atoms with Gasteiger partial charge in [0.15, 0.2) is 0 Å². The number of hydrazone groups is 1. The van der Waals surface area contributed by atoms with Gasteiger partial charge in [-0.3, -0.25) is 15.5 Å². The highest BCUT2D eigenvalue weighted by molar-refractivity contribution is 6.10. The maximum atomic E-state index is 10.8. The third-order valence-corrected chi connectivity index (χ3v) is 1.90. The molecule has 0 atom stereocenters. The van der Waals surface area contributed by atoms with Gasteiger partial charge < -0.3 is 4.74 Å². The minimum atomic E-state index is -0.615. The minimum Gasteiger partial charge on any atom is -0.497 e. The molecule has 0 saturated heterocycles. The normalized spacial score (nSPS) is 8.61. The average molecular weight is 245 g/mol. The lowest BCUT2D eigenvalue weighted by atomic mass is 10.2. The van der Waals surface area contributed by atoms with Crippen LogP contribution < -0.4 is 10.2 Å². The molecular weight excluding hydrogens is 238 g/mol. The Morgan fingerprint density at radius 3 is 2.67 bits per heavy atom. The maximum absolute atomic E-state index is 10.8. The predicted molar refractivity (Wildman–Crippen MR) is 61.9 cm³/mol. The van der Waals surface area contributed by atoms with E-state index in [0.717, 1.165) is 0 Å². The summed E-state index contributed by atoms with van der Waals surface area (Å²) < 4.78 is 4.91. The molecule has 0 heterocycles. The number of nitrogens with one attached hydrogen (secondary N) is 1. The van der Waals surface area contributed by atoms with E-state index in [1.807, 2.05) is 0 Å². The number of nitro groups is 1. The number of nitrogens with zero attached hydrogens (tertiary/aromatic N) is 4. The van der Waals surface area contributed by atoms with Crippen LogP contribution in [-0.4, -0.2) is 17.7 Å². The quantitative estimate of drug-likeness (QED) is 0.485. The van der Waals surface area contributed by atoms with Crippen molar-refractivity contribution in [3.8, 4) is 17.9 Å². The second-order valence-electron chi connectivity index (χ2n) is 2.94. The Morgan fingerprint density at radius 2 is 2.17 bits per heavy atom. The van der Waals surface area contributed by atoms with Crippen molar-refractivity contribution in [1.82, 2.24) is 0 Å². The number of benzene rings is 1. The highest BCUT2D eigenvalue weighted by Crippen LogP contribution is 2.28. The van der Waals surface area contributed by atoms with Gasteiger partial charge in [0, 0.05) is 12.1 Å². The van der Waals surface area contributed by atoms with Gasteiger partial charge in [0.2, 0.25) is 5.71 Å². The smallest absolute Gasteiger partial charge is 0.294 e. The molecule has 0 saturated carbocycles. The summed E-state index contributed by atoms with van der Waals surface area (Å²) in [6.45, 7) is 0.